The second kappa shape index (κ2) is 4.12. The number of nitrogens with zero attached hydrogens (tertiary/aromatic N) is 2. The Bertz CT molecular complexity index is 769. The molecule has 0 bridgehead atoms. The number of anilines is 1. The third-order valence-electron chi connectivity index (χ3n) is 3.44. The number of aryl methyl sites for hydroxylation is 3. The molecule has 19 heavy (non-hydrogen) atoms. The molecule has 2 N–H and O–H groups in total. The molecule has 1 heterocycles. The number of fused-ring (bicyclic) bond motifs is 1. The standard InChI is InChI=1S/C16H17N3/c1-10-5-7-14-13(8-10)18-16(17)19(14)15-9-11(2)4-6-12(15)3/h4-9H,1-3H3,(H2,17,18). The monoisotopic (exact) mass is 251 g/mol. The summed E-state index contributed by atoms with van der Waals surface area (Å²) in [6, 6.07) is 12.6. The second-order valence-electron chi connectivity index (χ2n) is 5.09. The van der Waals surface area contributed by atoms with E-state index in [1.54, 1.807) is 0 Å². The molecule has 1 aromatic heterocycles. The Kier molecular flexibility index (Phi) is 2.56. The molecule has 0 saturated carbocycles. The number of nitrogen functional groups attached to an aromatic ring is 1. The van der Waals surface area contributed by atoms with Crippen LogP contribution in [0.25, 0.3) is 16.7 Å². The highest BCUT2D eigenvalue weighted by atomic mass is 15.2. The second-order valence-corrected chi connectivity index (χ2v) is 5.09. The largest absolute Gasteiger partial charge is 0.369 e. The van der Waals surface area contributed by atoms with Crippen molar-refractivity contribution in [2.24, 2.45) is 0 Å². The highest BCUT2D eigenvalue weighted by molar-refractivity contribution is 5.81. The Balaban J connectivity index is 2.36. The Labute approximate surface area is 112 Å². The van der Waals surface area contributed by atoms with Gasteiger partial charge < -0.3 is 5.73 Å². The van der Waals surface area contributed by atoms with Crippen molar-refractivity contribution >= 4 is 17.0 Å². The van der Waals surface area contributed by atoms with Gasteiger partial charge in [0, 0.05) is 0 Å². The van der Waals surface area contributed by atoms with Gasteiger partial charge in [-0.25, -0.2) is 4.98 Å². The molecule has 0 aliphatic carbocycles. The zero-order chi connectivity index (χ0) is 13.6. The van der Waals surface area contributed by atoms with E-state index >= 15 is 0 Å². The predicted molar refractivity (Wildman–Crippen MR) is 79.7 cm³/mol. The normalized spacial score (nSPS) is 11.1. The number of nitrogens with two attached hydrogens (primary N) is 1. The molecule has 0 amide bonds. The number of hydrogen-bond donors (Lipinski definition) is 1. The average Bonchev–Trinajstić information content (AvgIpc) is 2.67. The first-order valence-electron chi connectivity index (χ1n) is 6.38. The van der Waals surface area contributed by atoms with Gasteiger partial charge in [-0.15, -0.1) is 0 Å². The Morgan fingerprint density at radius 1 is 0.947 bits per heavy atom. The van der Waals surface area contributed by atoms with Crippen LogP contribution in [0.1, 0.15) is 16.7 Å². The minimum atomic E-state index is 0.536. The molecular weight excluding hydrogens is 234 g/mol. The van der Waals surface area contributed by atoms with E-state index in [-0.39, 0.29) is 0 Å². The molecule has 0 fully saturated rings. The summed E-state index contributed by atoms with van der Waals surface area (Å²) in [7, 11) is 0. The van der Waals surface area contributed by atoms with Crippen molar-refractivity contribution in [2.75, 3.05) is 5.73 Å². The summed E-state index contributed by atoms with van der Waals surface area (Å²) in [6.07, 6.45) is 0. The van der Waals surface area contributed by atoms with Crippen LogP contribution in [-0.2, 0) is 0 Å². The van der Waals surface area contributed by atoms with Gasteiger partial charge in [-0.05, 0) is 55.7 Å². The van der Waals surface area contributed by atoms with Gasteiger partial charge in [-0.3, -0.25) is 4.57 Å². The maximum Gasteiger partial charge on any atom is 0.205 e. The lowest BCUT2D eigenvalue weighted by molar-refractivity contribution is 1.08. The minimum Gasteiger partial charge on any atom is -0.369 e. The van der Waals surface area contributed by atoms with Crippen molar-refractivity contribution in [2.45, 2.75) is 20.8 Å². The fourth-order valence-corrected chi connectivity index (χ4v) is 2.42. The number of imidazole rings is 1. The van der Waals surface area contributed by atoms with Crippen LogP contribution in [0.2, 0.25) is 0 Å². The molecule has 3 nitrogen and oxygen atoms in total. The Morgan fingerprint density at radius 3 is 2.42 bits per heavy atom. The highest BCUT2D eigenvalue weighted by Gasteiger charge is 2.11. The van der Waals surface area contributed by atoms with Crippen LogP contribution in [0.5, 0.6) is 0 Å². The SMILES string of the molecule is Cc1ccc(C)c(-n2c(N)nc3cc(C)ccc32)c1. The smallest absolute Gasteiger partial charge is 0.205 e. The van der Waals surface area contributed by atoms with Crippen molar-refractivity contribution in [1.82, 2.24) is 9.55 Å². The van der Waals surface area contributed by atoms with Crippen LogP contribution in [0.3, 0.4) is 0 Å². The van der Waals surface area contributed by atoms with E-state index in [1.165, 1.54) is 16.7 Å². The quantitative estimate of drug-likeness (QED) is 0.719. The number of benzene rings is 2. The van der Waals surface area contributed by atoms with Crippen molar-refractivity contribution in [3.05, 3.63) is 53.1 Å². The Hall–Kier alpha value is -2.29. The van der Waals surface area contributed by atoms with E-state index in [9.17, 15) is 0 Å². The van der Waals surface area contributed by atoms with Crippen LogP contribution in [0.4, 0.5) is 5.95 Å². The van der Waals surface area contributed by atoms with E-state index in [2.05, 4.69) is 62.2 Å². The number of rotatable bonds is 1. The molecule has 0 aliphatic heterocycles. The first kappa shape index (κ1) is 11.8. The van der Waals surface area contributed by atoms with E-state index in [4.69, 9.17) is 5.73 Å². The minimum absolute atomic E-state index is 0.536. The van der Waals surface area contributed by atoms with Gasteiger partial charge in [-0.2, -0.15) is 0 Å². The van der Waals surface area contributed by atoms with Crippen LogP contribution in [0.15, 0.2) is 36.4 Å². The van der Waals surface area contributed by atoms with Crippen molar-refractivity contribution in [3.63, 3.8) is 0 Å². The van der Waals surface area contributed by atoms with Crippen LogP contribution in [0, 0.1) is 20.8 Å². The van der Waals surface area contributed by atoms with Crippen LogP contribution < -0.4 is 5.73 Å². The molecule has 0 spiro atoms. The first-order valence-corrected chi connectivity index (χ1v) is 6.38. The van der Waals surface area contributed by atoms with Gasteiger partial charge in [0.1, 0.15) is 0 Å². The lowest BCUT2D eigenvalue weighted by Crippen LogP contribution is -2.02. The van der Waals surface area contributed by atoms with Crippen LogP contribution in [-0.4, -0.2) is 9.55 Å². The van der Waals surface area contributed by atoms with E-state index in [0.717, 1.165) is 16.7 Å². The molecule has 0 saturated heterocycles. The summed E-state index contributed by atoms with van der Waals surface area (Å²) < 4.78 is 2.02. The third-order valence-corrected chi connectivity index (χ3v) is 3.44. The van der Waals surface area contributed by atoms with Gasteiger partial charge in [0.15, 0.2) is 0 Å². The summed E-state index contributed by atoms with van der Waals surface area (Å²) >= 11 is 0. The molecule has 0 atom stereocenters. The Morgan fingerprint density at radius 2 is 1.63 bits per heavy atom. The topological polar surface area (TPSA) is 43.8 Å². The summed E-state index contributed by atoms with van der Waals surface area (Å²) in [6.45, 7) is 6.24. The predicted octanol–water partition coefficient (Wildman–Crippen LogP) is 3.53. The summed E-state index contributed by atoms with van der Waals surface area (Å²) in [5, 5.41) is 0. The van der Waals surface area contributed by atoms with Crippen LogP contribution >= 0.6 is 0 Å². The van der Waals surface area contributed by atoms with Crippen molar-refractivity contribution in [1.29, 1.82) is 0 Å². The summed E-state index contributed by atoms with van der Waals surface area (Å²) in [4.78, 5) is 4.46. The zero-order valence-electron chi connectivity index (χ0n) is 11.4. The lowest BCUT2D eigenvalue weighted by Gasteiger charge is -2.11. The molecule has 96 valence electrons. The molecule has 2 aromatic carbocycles. The number of aromatic nitrogens is 2. The molecule has 0 aliphatic rings. The third kappa shape index (κ3) is 1.87. The van der Waals surface area contributed by atoms with Gasteiger partial charge in [0.2, 0.25) is 5.95 Å². The fourth-order valence-electron chi connectivity index (χ4n) is 2.42. The maximum absolute atomic E-state index is 6.11. The van der Waals surface area contributed by atoms with Gasteiger partial charge in [0.25, 0.3) is 0 Å². The van der Waals surface area contributed by atoms with E-state index in [0.29, 0.717) is 5.95 Å². The maximum atomic E-state index is 6.11. The first-order chi connectivity index (χ1) is 9.06. The molecule has 3 aromatic rings. The average molecular weight is 251 g/mol. The van der Waals surface area contributed by atoms with E-state index in [1.807, 2.05) is 4.57 Å². The summed E-state index contributed by atoms with van der Waals surface area (Å²) in [5.74, 6) is 0.536. The highest BCUT2D eigenvalue weighted by Crippen LogP contribution is 2.26. The van der Waals surface area contributed by atoms with Crippen molar-refractivity contribution < 1.29 is 0 Å². The van der Waals surface area contributed by atoms with Gasteiger partial charge in [0.05, 0.1) is 16.7 Å². The van der Waals surface area contributed by atoms with E-state index < -0.39 is 0 Å². The fraction of sp³-hybridized carbons (Fsp3) is 0.188. The molecule has 0 radical (unpaired) electrons. The zero-order valence-corrected chi connectivity index (χ0v) is 11.4. The van der Waals surface area contributed by atoms with Gasteiger partial charge >= 0.3 is 0 Å². The number of hydrogen-bond acceptors (Lipinski definition) is 2. The molecule has 3 rings (SSSR count). The molecular formula is C16H17N3. The van der Waals surface area contributed by atoms with Crippen molar-refractivity contribution in [3.8, 4) is 5.69 Å². The molecule has 3 heteroatoms. The van der Waals surface area contributed by atoms with Gasteiger partial charge in [-0.1, -0.05) is 18.2 Å². The lowest BCUT2D eigenvalue weighted by atomic mass is 10.1. The summed E-state index contributed by atoms with van der Waals surface area (Å²) in [5.41, 5.74) is 12.8. The molecule has 0 unspecified atom stereocenters.